The lowest BCUT2D eigenvalue weighted by Crippen LogP contribution is -2.30. The van der Waals surface area contributed by atoms with E-state index in [1.54, 1.807) is 0 Å². The van der Waals surface area contributed by atoms with E-state index in [0.29, 0.717) is 19.3 Å². The number of unbranched alkanes of at least 4 members (excludes halogenated alkanes) is 27. The highest BCUT2D eigenvalue weighted by Gasteiger charge is 2.19. The molecule has 0 N–H and O–H groups in total. The fourth-order valence-electron chi connectivity index (χ4n) is 7.45. The van der Waals surface area contributed by atoms with Crippen molar-refractivity contribution in [1.82, 2.24) is 0 Å². The van der Waals surface area contributed by atoms with Gasteiger partial charge in [-0.1, -0.05) is 204 Å². The van der Waals surface area contributed by atoms with Gasteiger partial charge in [0.2, 0.25) is 0 Å². The topological polar surface area (TPSA) is 78.9 Å². The molecular weight excluding hydrogens is 781 g/mol. The minimum Gasteiger partial charge on any atom is -0.462 e. The van der Waals surface area contributed by atoms with Crippen molar-refractivity contribution in [1.29, 1.82) is 0 Å². The van der Waals surface area contributed by atoms with Crippen LogP contribution in [0.1, 0.15) is 265 Å². The minimum absolute atomic E-state index is 0.0857. The molecule has 0 unspecified atom stereocenters. The standard InChI is InChI=1S/C57H100O6/c1-4-7-10-13-16-19-22-25-27-28-30-32-35-38-41-44-47-50-56(59)62-53-54(52-61-55(58)49-46-43-40-37-34-31-24-21-18-15-12-9-6-3)63-57(60)51-48-45-42-39-36-33-29-26-23-20-17-14-11-8-5-2/h8,11,17,20-21,24-27,29,54H,4-7,9-10,12-16,18-19,22-23,28,30-53H2,1-3H3/b11-8-,20-17-,24-21-,27-25-,29-26-/t54-/m0/s1. The summed E-state index contributed by atoms with van der Waals surface area (Å²) in [6, 6.07) is 0. The Morgan fingerprint density at radius 2 is 0.619 bits per heavy atom. The van der Waals surface area contributed by atoms with Crippen molar-refractivity contribution in [2.75, 3.05) is 13.2 Å². The highest BCUT2D eigenvalue weighted by atomic mass is 16.6. The summed E-state index contributed by atoms with van der Waals surface area (Å²) in [6.45, 7) is 6.49. The molecule has 6 heteroatoms. The lowest BCUT2D eigenvalue weighted by Gasteiger charge is -2.18. The van der Waals surface area contributed by atoms with E-state index in [9.17, 15) is 14.4 Å². The summed E-state index contributed by atoms with van der Waals surface area (Å²) in [5.41, 5.74) is 0. The van der Waals surface area contributed by atoms with Crippen LogP contribution < -0.4 is 0 Å². The molecule has 0 aliphatic rings. The fourth-order valence-corrected chi connectivity index (χ4v) is 7.45. The molecule has 0 aromatic rings. The van der Waals surface area contributed by atoms with Crippen molar-refractivity contribution < 1.29 is 28.6 Å². The number of ether oxygens (including phenoxy) is 3. The number of esters is 3. The zero-order valence-electron chi connectivity index (χ0n) is 41.6. The van der Waals surface area contributed by atoms with Gasteiger partial charge in [0, 0.05) is 19.3 Å². The Labute approximate surface area is 390 Å². The predicted octanol–water partition coefficient (Wildman–Crippen LogP) is 17.6. The predicted molar refractivity (Wildman–Crippen MR) is 270 cm³/mol. The van der Waals surface area contributed by atoms with Crippen molar-refractivity contribution in [2.45, 2.75) is 271 Å². The number of hydrogen-bond donors (Lipinski definition) is 0. The molecule has 0 aliphatic heterocycles. The number of allylic oxidation sites excluding steroid dienone is 10. The molecule has 0 spiro atoms. The quantitative estimate of drug-likeness (QED) is 0.0262. The second-order valence-electron chi connectivity index (χ2n) is 17.7. The molecule has 0 saturated carbocycles. The van der Waals surface area contributed by atoms with Crippen LogP contribution in [-0.2, 0) is 28.6 Å². The number of rotatable bonds is 48. The van der Waals surface area contributed by atoms with Crippen molar-refractivity contribution >= 4 is 17.9 Å². The van der Waals surface area contributed by atoms with Crippen molar-refractivity contribution in [3.05, 3.63) is 60.8 Å². The van der Waals surface area contributed by atoms with Gasteiger partial charge in [0.25, 0.3) is 0 Å². The first-order valence-corrected chi connectivity index (χ1v) is 26.8. The average Bonchev–Trinajstić information content (AvgIpc) is 3.28. The summed E-state index contributed by atoms with van der Waals surface area (Å²) < 4.78 is 16.8. The Kier molecular flexibility index (Phi) is 49.4. The third kappa shape index (κ3) is 50.0. The zero-order valence-corrected chi connectivity index (χ0v) is 41.6. The summed E-state index contributed by atoms with van der Waals surface area (Å²) in [6.07, 6.45) is 63.4. The number of carbonyl (C=O) groups excluding carboxylic acids is 3. The molecular formula is C57H100O6. The van der Waals surface area contributed by atoms with E-state index < -0.39 is 6.10 Å². The van der Waals surface area contributed by atoms with Gasteiger partial charge in [-0.05, 0) is 103 Å². The largest absolute Gasteiger partial charge is 0.462 e. The zero-order chi connectivity index (χ0) is 45.8. The third-order valence-electron chi connectivity index (χ3n) is 11.5. The molecule has 0 heterocycles. The Morgan fingerprint density at radius 1 is 0.333 bits per heavy atom. The van der Waals surface area contributed by atoms with Gasteiger partial charge >= 0.3 is 17.9 Å². The Hall–Kier alpha value is -2.89. The molecule has 0 amide bonds. The first-order valence-electron chi connectivity index (χ1n) is 26.8. The van der Waals surface area contributed by atoms with Crippen LogP contribution in [0.5, 0.6) is 0 Å². The highest BCUT2D eigenvalue weighted by Crippen LogP contribution is 2.14. The van der Waals surface area contributed by atoms with Gasteiger partial charge in [-0.25, -0.2) is 0 Å². The van der Waals surface area contributed by atoms with Gasteiger partial charge in [0.15, 0.2) is 6.10 Å². The van der Waals surface area contributed by atoms with Crippen LogP contribution in [-0.4, -0.2) is 37.2 Å². The highest BCUT2D eigenvalue weighted by molar-refractivity contribution is 5.71. The first kappa shape index (κ1) is 60.1. The maximum Gasteiger partial charge on any atom is 0.306 e. The third-order valence-corrected chi connectivity index (χ3v) is 11.5. The van der Waals surface area contributed by atoms with Crippen LogP contribution >= 0.6 is 0 Å². The summed E-state index contributed by atoms with van der Waals surface area (Å²) in [5.74, 6) is -0.910. The molecule has 63 heavy (non-hydrogen) atoms. The first-order chi connectivity index (χ1) is 31.0. The van der Waals surface area contributed by atoms with E-state index in [2.05, 4.69) is 81.5 Å². The van der Waals surface area contributed by atoms with E-state index in [-0.39, 0.29) is 31.1 Å². The molecule has 6 nitrogen and oxygen atoms in total. The summed E-state index contributed by atoms with van der Waals surface area (Å²) in [7, 11) is 0. The van der Waals surface area contributed by atoms with Gasteiger partial charge in [-0.15, -0.1) is 0 Å². The lowest BCUT2D eigenvalue weighted by atomic mass is 10.1. The minimum atomic E-state index is -0.787. The Balaban J connectivity index is 4.40. The molecule has 0 fully saturated rings. The normalized spacial score (nSPS) is 12.5. The van der Waals surface area contributed by atoms with Crippen LogP contribution in [0.25, 0.3) is 0 Å². The van der Waals surface area contributed by atoms with E-state index >= 15 is 0 Å². The Bertz CT molecular complexity index is 1150. The van der Waals surface area contributed by atoms with Crippen molar-refractivity contribution in [3.8, 4) is 0 Å². The van der Waals surface area contributed by atoms with E-state index in [4.69, 9.17) is 14.2 Å². The maximum atomic E-state index is 12.8. The average molecular weight is 881 g/mol. The number of hydrogen-bond acceptors (Lipinski definition) is 6. The van der Waals surface area contributed by atoms with Gasteiger partial charge in [-0.3, -0.25) is 14.4 Å². The second kappa shape index (κ2) is 51.7. The SMILES string of the molecule is CC/C=C\C/C=C\C/C=C\CCCCCCCC(=O)O[C@@H](COC(=O)CCCCCCC/C=C\CCCCCC)COC(=O)CCCCCCCCC/C=C\CCCCCCCC. The summed E-state index contributed by atoms with van der Waals surface area (Å²) in [5, 5.41) is 0. The molecule has 0 aromatic carbocycles. The molecule has 1 atom stereocenters. The molecule has 0 radical (unpaired) electrons. The van der Waals surface area contributed by atoms with Crippen LogP contribution in [0, 0.1) is 0 Å². The van der Waals surface area contributed by atoms with Crippen LogP contribution in [0.15, 0.2) is 60.8 Å². The van der Waals surface area contributed by atoms with Crippen LogP contribution in [0.2, 0.25) is 0 Å². The number of carbonyl (C=O) groups is 3. The molecule has 0 saturated heterocycles. The van der Waals surface area contributed by atoms with Crippen molar-refractivity contribution in [2.24, 2.45) is 0 Å². The van der Waals surface area contributed by atoms with E-state index in [1.807, 2.05) is 0 Å². The van der Waals surface area contributed by atoms with Gasteiger partial charge in [0.1, 0.15) is 13.2 Å². The van der Waals surface area contributed by atoms with Gasteiger partial charge in [0.05, 0.1) is 0 Å². The van der Waals surface area contributed by atoms with Gasteiger partial charge in [-0.2, -0.15) is 0 Å². The van der Waals surface area contributed by atoms with Crippen molar-refractivity contribution in [3.63, 3.8) is 0 Å². The molecule has 0 aromatic heterocycles. The monoisotopic (exact) mass is 881 g/mol. The summed E-state index contributed by atoms with van der Waals surface area (Å²) in [4.78, 5) is 38.0. The van der Waals surface area contributed by atoms with Crippen LogP contribution in [0.4, 0.5) is 0 Å². The maximum absolute atomic E-state index is 12.8. The smallest absolute Gasteiger partial charge is 0.306 e. The molecule has 0 rings (SSSR count). The second-order valence-corrected chi connectivity index (χ2v) is 17.7. The van der Waals surface area contributed by atoms with E-state index in [0.717, 1.165) is 103 Å². The molecule has 0 aliphatic carbocycles. The molecule has 364 valence electrons. The molecule has 0 bridgehead atoms. The van der Waals surface area contributed by atoms with E-state index in [1.165, 1.54) is 122 Å². The Morgan fingerprint density at radius 3 is 1.00 bits per heavy atom. The van der Waals surface area contributed by atoms with Gasteiger partial charge < -0.3 is 14.2 Å². The fraction of sp³-hybridized carbons (Fsp3) is 0.772. The lowest BCUT2D eigenvalue weighted by molar-refractivity contribution is -0.167. The van der Waals surface area contributed by atoms with Crippen LogP contribution in [0.3, 0.4) is 0 Å². The summed E-state index contributed by atoms with van der Waals surface area (Å²) >= 11 is 0.